The molecule has 0 saturated carbocycles. The van der Waals surface area contributed by atoms with Crippen LogP contribution in [-0.2, 0) is 0 Å². The highest BCUT2D eigenvalue weighted by molar-refractivity contribution is 9.10. The van der Waals surface area contributed by atoms with Gasteiger partial charge in [0.2, 0.25) is 0 Å². The molecule has 9 rings (SSSR count). The predicted octanol–water partition coefficient (Wildman–Crippen LogP) is 7.80. The number of nitrogens with zero attached hydrogens (tertiary/aromatic N) is 2. The van der Waals surface area contributed by atoms with E-state index in [9.17, 15) is 19.2 Å². The lowest BCUT2D eigenvalue weighted by molar-refractivity contribution is 0.0659. The average molecular weight is 615 g/mol. The van der Waals surface area contributed by atoms with Gasteiger partial charge in [0.05, 0.1) is 5.56 Å². The third-order valence-electron chi connectivity index (χ3n) is 8.45. The first-order chi connectivity index (χ1) is 20.0. The first-order valence-electron chi connectivity index (χ1n) is 13.0. The van der Waals surface area contributed by atoms with Crippen LogP contribution in [0.2, 0.25) is 0 Å². The van der Waals surface area contributed by atoms with Crippen molar-refractivity contribution in [2.75, 3.05) is 4.90 Å². The highest BCUT2D eigenvalue weighted by atomic mass is 79.9. The monoisotopic (exact) mass is 614 g/mol. The van der Waals surface area contributed by atoms with Gasteiger partial charge in [-0.3, -0.25) is 19.2 Å². The molecule has 6 nitrogen and oxygen atoms in total. The van der Waals surface area contributed by atoms with E-state index in [1.807, 2.05) is 41.8 Å². The smallest absolute Gasteiger partial charge is 0.266 e. The van der Waals surface area contributed by atoms with E-state index in [0.29, 0.717) is 54.6 Å². The van der Waals surface area contributed by atoms with E-state index in [0.717, 1.165) is 32.3 Å². The van der Waals surface area contributed by atoms with Crippen LogP contribution in [0.15, 0.2) is 88.4 Å². The molecule has 0 unspecified atom stereocenters. The molecule has 0 bridgehead atoms. The second-order valence-corrected chi connectivity index (χ2v) is 12.2. The van der Waals surface area contributed by atoms with Gasteiger partial charge < -0.3 is 0 Å². The van der Waals surface area contributed by atoms with E-state index in [4.69, 9.17) is 0 Å². The van der Waals surface area contributed by atoms with Crippen molar-refractivity contribution in [2.24, 2.45) is 0 Å². The molecule has 0 saturated heterocycles. The molecule has 0 N–H and O–H groups in total. The minimum atomic E-state index is -0.351. The third-order valence-corrected chi connectivity index (χ3v) is 9.93. The molecule has 5 aromatic carbocycles. The van der Waals surface area contributed by atoms with Gasteiger partial charge in [-0.25, -0.2) is 9.80 Å². The molecule has 41 heavy (non-hydrogen) atoms. The minimum Gasteiger partial charge on any atom is -0.268 e. The summed E-state index contributed by atoms with van der Waals surface area (Å²) >= 11 is 5.10. The van der Waals surface area contributed by atoms with Crippen LogP contribution < -0.4 is 4.90 Å². The molecular weight excluding hydrogens is 600 g/mol. The van der Waals surface area contributed by atoms with Gasteiger partial charge in [0.1, 0.15) is 5.00 Å². The average Bonchev–Trinajstić information content (AvgIpc) is 3.70. The maximum atomic E-state index is 13.8. The maximum absolute atomic E-state index is 13.8. The normalized spacial score (nSPS) is 16.5. The Hall–Kier alpha value is -4.66. The van der Waals surface area contributed by atoms with Crippen molar-refractivity contribution < 1.29 is 19.2 Å². The summed E-state index contributed by atoms with van der Waals surface area (Å²) in [5.41, 5.74) is 2.54. The van der Waals surface area contributed by atoms with Gasteiger partial charge in [0, 0.05) is 54.8 Å². The van der Waals surface area contributed by atoms with Crippen LogP contribution >= 0.6 is 27.3 Å². The number of amides is 4. The number of anilines is 1. The summed E-state index contributed by atoms with van der Waals surface area (Å²) in [4.78, 5) is 57.5. The molecule has 8 heteroatoms. The molecule has 0 spiro atoms. The first kappa shape index (κ1) is 23.1. The lowest BCUT2D eigenvalue weighted by Gasteiger charge is -2.30. The SMILES string of the molecule is O=C1c2ccc3c4ccc5c6c(ccc(c7c(Br)cc(c2c37)C(=O)N1C1=CC=CC1)c64)C(=O)N(c1cccs1)C5=O. The van der Waals surface area contributed by atoms with E-state index >= 15 is 0 Å². The number of halogens is 1. The fraction of sp³-hybridized carbons (Fsp3) is 0.0303. The topological polar surface area (TPSA) is 74.8 Å². The van der Waals surface area contributed by atoms with Crippen LogP contribution in [0.1, 0.15) is 47.9 Å². The number of fused-ring (bicyclic) bond motifs is 2. The Bertz CT molecular complexity index is 2310. The number of benzene rings is 5. The van der Waals surface area contributed by atoms with Gasteiger partial charge in [-0.2, -0.15) is 0 Å². The molecule has 3 aliphatic rings. The fourth-order valence-corrected chi connectivity index (χ4v) is 8.14. The summed E-state index contributed by atoms with van der Waals surface area (Å²) in [6.07, 6.45) is 6.10. The van der Waals surface area contributed by atoms with Crippen LogP contribution in [0, 0.1) is 0 Å². The van der Waals surface area contributed by atoms with Crippen molar-refractivity contribution in [2.45, 2.75) is 6.42 Å². The largest absolute Gasteiger partial charge is 0.268 e. The highest BCUT2D eigenvalue weighted by Gasteiger charge is 2.39. The molecule has 4 amide bonds. The molecular formula is C33H15BrN2O4S. The first-order valence-corrected chi connectivity index (χ1v) is 14.7. The number of rotatable bonds is 2. The van der Waals surface area contributed by atoms with E-state index in [2.05, 4.69) is 15.9 Å². The van der Waals surface area contributed by atoms with E-state index in [-0.39, 0.29) is 23.6 Å². The molecule has 6 aromatic rings. The van der Waals surface area contributed by atoms with Crippen molar-refractivity contribution in [3.05, 3.63) is 111 Å². The molecule has 0 fully saturated rings. The van der Waals surface area contributed by atoms with Gasteiger partial charge in [-0.15, -0.1) is 11.3 Å². The lowest BCUT2D eigenvalue weighted by Crippen LogP contribution is -2.40. The Balaban J connectivity index is 1.39. The van der Waals surface area contributed by atoms with Crippen LogP contribution in [0.4, 0.5) is 5.00 Å². The van der Waals surface area contributed by atoms with Crippen molar-refractivity contribution in [1.29, 1.82) is 0 Å². The zero-order valence-corrected chi connectivity index (χ0v) is 23.4. The second kappa shape index (κ2) is 7.75. The predicted molar refractivity (Wildman–Crippen MR) is 163 cm³/mol. The van der Waals surface area contributed by atoms with Crippen LogP contribution in [0.5, 0.6) is 0 Å². The van der Waals surface area contributed by atoms with Crippen molar-refractivity contribution >= 4 is 99.0 Å². The number of hydrogen-bond donors (Lipinski definition) is 0. The van der Waals surface area contributed by atoms with Crippen LogP contribution in [0.3, 0.4) is 0 Å². The summed E-state index contributed by atoms with van der Waals surface area (Å²) in [6.45, 7) is 0. The van der Waals surface area contributed by atoms with Gasteiger partial charge >= 0.3 is 0 Å². The van der Waals surface area contributed by atoms with Gasteiger partial charge in [0.15, 0.2) is 0 Å². The number of hydrogen-bond acceptors (Lipinski definition) is 5. The zero-order chi connectivity index (χ0) is 27.7. The Morgan fingerprint density at radius 2 is 1.24 bits per heavy atom. The van der Waals surface area contributed by atoms with E-state index in [1.54, 1.807) is 36.4 Å². The summed E-state index contributed by atoms with van der Waals surface area (Å²) in [5, 5.41) is 8.73. The zero-order valence-electron chi connectivity index (χ0n) is 21.0. The second-order valence-electron chi connectivity index (χ2n) is 10.4. The summed E-state index contributed by atoms with van der Waals surface area (Å²) < 4.78 is 0.708. The van der Waals surface area contributed by atoms with Crippen LogP contribution in [-0.4, -0.2) is 28.5 Å². The number of thiophene rings is 1. The Morgan fingerprint density at radius 3 is 1.88 bits per heavy atom. The van der Waals surface area contributed by atoms with E-state index in [1.165, 1.54) is 21.1 Å². The number of allylic oxidation sites excluding steroid dienone is 3. The molecule has 0 radical (unpaired) electrons. The van der Waals surface area contributed by atoms with Gasteiger partial charge in [-0.1, -0.05) is 46.3 Å². The Morgan fingerprint density at radius 1 is 0.634 bits per heavy atom. The van der Waals surface area contributed by atoms with Crippen molar-refractivity contribution in [3.8, 4) is 0 Å². The van der Waals surface area contributed by atoms with E-state index < -0.39 is 0 Å². The van der Waals surface area contributed by atoms with Gasteiger partial charge in [-0.05, 0) is 69.4 Å². The molecule has 1 aliphatic carbocycles. The molecule has 1 aromatic heterocycles. The molecule has 194 valence electrons. The lowest BCUT2D eigenvalue weighted by atomic mass is 9.82. The highest BCUT2D eigenvalue weighted by Crippen LogP contribution is 2.49. The standard InChI is InChI=1S/C33H15BrN2O4S/c34-23-14-22-27-21(30(37)35(33(22)40)15-4-1-2-5-15)11-8-17-16-7-10-19-26-20(12-9-18(25(16)26)28(23)29(17)27)32(39)36(31(19)38)24-6-3-13-41-24/h1-4,6-14H,5H2. The number of carbonyl (C=O) groups is 4. The minimum absolute atomic E-state index is 0.335. The van der Waals surface area contributed by atoms with Crippen LogP contribution in [0.25, 0.3) is 43.1 Å². The van der Waals surface area contributed by atoms with Crippen molar-refractivity contribution in [1.82, 2.24) is 4.90 Å². The summed E-state index contributed by atoms with van der Waals surface area (Å²) in [5.74, 6) is -1.38. The Labute approximate surface area is 244 Å². The fourth-order valence-electron chi connectivity index (χ4n) is 6.78. The number of carbonyl (C=O) groups excluding carboxylic acids is 4. The third kappa shape index (κ3) is 2.71. The number of imide groups is 2. The Kier molecular flexibility index (Phi) is 4.36. The quantitative estimate of drug-likeness (QED) is 0.113. The van der Waals surface area contributed by atoms with Crippen molar-refractivity contribution in [3.63, 3.8) is 0 Å². The van der Waals surface area contributed by atoms with Gasteiger partial charge in [0.25, 0.3) is 23.6 Å². The molecule has 0 atom stereocenters. The molecule has 2 aliphatic heterocycles. The summed E-state index contributed by atoms with van der Waals surface area (Å²) in [7, 11) is 0. The maximum Gasteiger partial charge on any atom is 0.266 e. The molecule has 3 heterocycles. The summed E-state index contributed by atoms with van der Waals surface area (Å²) in [6, 6.07) is 16.5.